The van der Waals surface area contributed by atoms with Gasteiger partial charge in [0.1, 0.15) is 0 Å². The van der Waals surface area contributed by atoms with Gasteiger partial charge in [-0.1, -0.05) is 30.3 Å². The summed E-state index contributed by atoms with van der Waals surface area (Å²) in [5.74, 6) is 0.729. The summed E-state index contributed by atoms with van der Waals surface area (Å²) in [6.07, 6.45) is 2.89. The number of halogens is 1. The van der Waals surface area contributed by atoms with Crippen molar-refractivity contribution < 1.29 is 9.53 Å². The first-order valence-corrected chi connectivity index (χ1v) is 8.14. The molecular formula is C17H27IN4O2. The van der Waals surface area contributed by atoms with Crippen molar-refractivity contribution in [2.75, 3.05) is 26.7 Å². The number of ether oxygens (including phenoxy) is 1. The van der Waals surface area contributed by atoms with E-state index >= 15 is 0 Å². The van der Waals surface area contributed by atoms with Gasteiger partial charge in [0, 0.05) is 39.7 Å². The number of hydrogen-bond acceptors (Lipinski definition) is 3. The van der Waals surface area contributed by atoms with Gasteiger partial charge < -0.3 is 20.7 Å². The number of nitrogens with zero attached hydrogens (tertiary/aromatic N) is 1. The lowest BCUT2D eigenvalue weighted by Gasteiger charge is -2.15. The van der Waals surface area contributed by atoms with Gasteiger partial charge >= 0.3 is 0 Å². The van der Waals surface area contributed by atoms with Gasteiger partial charge in [0.25, 0.3) is 0 Å². The second-order valence-corrected chi connectivity index (χ2v) is 5.53. The fourth-order valence-electron chi connectivity index (χ4n) is 2.42. The highest BCUT2D eigenvalue weighted by atomic mass is 127. The van der Waals surface area contributed by atoms with Crippen LogP contribution in [0.5, 0.6) is 0 Å². The van der Waals surface area contributed by atoms with E-state index in [1.54, 1.807) is 7.05 Å². The lowest BCUT2D eigenvalue weighted by molar-refractivity contribution is -0.121. The quantitative estimate of drug-likeness (QED) is 0.339. The molecule has 1 atom stereocenters. The van der Waals surface area contributed by atoms with Gasteiger partial charge in [-0.05, 0) is 18.4 Å². The molecule has 0 bridgehead atoms. The topological polar surface area (TPSA) is 74.8 Å². The standard InChI is InChI=1S/C17H26N4O2.HI/c1-18-17(21-13-15-8-5-11-23-15)19-10-9-16(22)20-12-14-6-3-2-4-7-14;/h2-4,6-7,15H,5,8-13H2,1H3,(H,20,22)(H2,18,19,21);1H. The zero-order valence-corrected chi connectivity index (χ0v) is 16.4. The van der Waals surface area contributed by atoms with Crippen molar-refractivity contribution in [2.24, 2.45) is 4.99 Å². The molecule has 3 N–H and O–H groups in total. The molecule has 6 nitrogen and oxygen atoms in total. The normalized spacial score (nSPS) is 17.0. The number of guanidine groups is 1. The van der Waals surface area contributed by atoms with E-state index < -0.39 is 0 Å². The van der Waals surface area contributed by atoms with Crippen LogP contribution in [0.3, 0.4) is 0 Å². The molecule has 1 aliphatic heterocycles. The maximum absolute atomic E-state index is 11.8. The Morgan fingerprint density at radius 2 is 2.04 bits per heavy atom. The third kappa shape index (κ3) is 7.96. The summed E-state index contributed by atoms with van der Waals surface area (Å²) in [5, 5.41) is 9.28. The molecule has 134 valence electrons. The smallest absolute Gasteiger partial charge is 0.222 e. The van der Waals surface area contributed by atoms with Crippen LogP contribution in [0.4, 0.5) is 0 Å². The molecule has 1 saturated heterocycles. The van der Waals surface area contributed by atoms with Gasteiger partial charge in [0.05, 0.1) is 6.10 Å². The van der Waals surface area contributed by atoms with Crippen molar-refractivity contribution >= 4 is 35.8 Å². The van der Waals surface area contributed by atoms with Crippen LogP contribution in [0.25, 0.3) is 0 Å². The Kier molecular flexibility index (Phi) is 10.4. The molecule has 7 heteroatoms. The Hall–Kier alpha value is -1.35. The minimum atomic E-state index is 0. The van der Waals surface area contributed by atoms with Crippen molar-refractivity contribution in [1.29, 1.82) is 0 Å². The Labute approximate surface area is 160 Å². The fourth-order valence-corrected chi connectivity index (χ4v) is 2.42. The van der Waals surface area contributed by atoms with Gasteiger partial charge in [0.15, 0.2) is 5.96 Å². The molecule has 1 aliphatic rings. The van der Waals surface area contributed by atoms with E-state index in [1.807, 2.05) is 30.3 Å². The number of aliphatic imine (C=N–C) groups is 1. The van der Waals surface area contributed by atoms with Crippen LogP contribution in [-0.4, -0.2) is 44.7 Å². The predicted octanol–water partition coefficient (Wildman–Crippen LogP) is 1.65. The molecule has 2 rings (SSSR count). The highest BCUT2D eigenvalue weighted by Gasteiger charge is 2.15. The van der Waals surface area contributed by atoms with Crippen molar-refractivity contribution in [1.82, 2.24) is 16.0 Å². The zero-order chi connectivity index (χ0) is 16.3. The first-order chi connectivity index (χ1) is 11.3. The van der Waals surface area contributed by atoms with Gasteiger partial charge in [-0.2, -0.15) is 0 Å². The summed E-state index contributed by atoms with van der Waals surface area (Å²) in [4.78, 5) is 16.0. The molecule has 1 heterocycles. The second-order valence-electron chi connectivity index (χ2n) is 5.53. The summed E-state index contributed by atoms with van der Waals surface area (Å²) in [7, 11) is 1.72. The molecule has 0 aromatic heterocycles. The molecule has 1 unspecified atom stereocenters. The minimum Gasteiger partial charge on any atom is -0.376 e. The highest BCUT2D eigenvalue weighted by molar-refractivity contribution is 14.0. The van der Waals surface area contributed by atoms with Gasteiger partial charge in [-0.3, -0.25) is 9.79 Å². The number of amides is 1. The summed E-state index contributed by atoms with van der Waals surface area (Å²) >= 11 is 0. The number of hydrogen-bond donors (Lipinski definition) is 3. The molecule has 1 aromatic carbocycles. The number of carbonyl (C=O) groups is 1. The average molecular weight is 446 g/mol. The molecule has 0 spiro atoms. The zero-order valence-electron chi connectivity index (χ0n) is 14.1. The van der Waals surface area contributed by atoms with Gasteiger partial charge in [-0.25, -0.2) is 0 Å². The van der Waals surface area contributed by atoms with Crippen LogP contribution in [0, 0.1) is 0 Å². The van der Waals surface area contributed by atoms with Gasteiger partial charge in [0.2, 0.25) is 5.91 Å². The van der Waals surface area contributed by atoms with E-state index in [1.165, 1.54) is 0 Å². The molecule has 0 radical (unpaired) electrons. The molecule has 1 amide bonds. The fraction of sp³-hybridized carbons (Fsp3) is 0.529. The van der Waals surface area contributed by atoms with E-state index in [2.05, 4.69) is 20.9 Å². The number of carbonyl (C=O) groups excluding carboxylic acids is 1. The first-order valence-electron chi connectivity index (χ1n) is 8.14. The van der Waals surface area contributed by atoms with E-state index in [0.29, 0.717) is 25.5 Å². The van der Waals surface area contributed by atoms with Crippen LogP contribution in [-0.2, 0) is 16.1 Å². The maximum atomic E-state index is 11.8. The average Bonchev–Trinajstić information content (AvgIpc) is 3.10. The summed E-state index contributed by atoms with van der Waals surface area (Å²) in [6, 6.07) is 9.88. The van der Waals surface area contributed by atoms with Crippen molar-refractivity contribution in [2.45, 2.75) is 31.9 Å². The monoisotopic (exact) mass is 446 g/mol. The Bertz CT molecular complexity index is 505. The van der Waals surface area contributed by atoms with Gasteiger partial charge in [-0.15, -0.1) is 24.0 Å². The minimum absolute atomic E-state index is 0. The number of nitrogens with one attached hydrogen (secondary N) is 3. The van der Waals surface area contributed by atoms with E-state index in [4.69, 9.17) is 4.74 Å². The summed E-state index contributed by atoms with van der Waals surface area (Å²) in [6.45, 7) is 2.71. The molecule has 0 aliphatic carbocycles. The summed E-state index contributed by atoms with van der Waals surface area (Å²) < 4.78 is 5.56. The highest BCUT2D eigenvalue weighted by Crippen LogP contribution is 2.10. The third-order valence-electron chi connectivity index (χ3n) is 3.72. The van der Waals surface area contributed by atoms with Crippen LogP contribution in [0.2, 0.25) is 0 Å². The maximum Gasteiger partial charge on any atom is 0.222 e. The molecule has 0 saturated carbocycles. The predicted molar refractivity (Wildman–Crippen MR) is 107 cm³/mol. The first kappa shape index (κ1) is 20.7. The third-order valence-corrected chi connectivity index (χ3v) is 3.72. The molecular weight excluding hydrogens is 419 g/mol. The SMILES string of the molecule is CN=C(NCCC(=O)NCc1ccccc1)NCC1CCCO1.I. The second kappa shape index (κ2) is 12.1. The van der Waals surface area contributed by atoms with E-state index in [9.17, 15) is 4.79 Å². The van der Waals surface area contributed by atoms with Crippen LogP contribution < -0.4 is 16.0 Å². The Morgan fingerprint density at radius 1 is 1.25 bits per heavy atom. The van der Waals surface area contributed by atoms with E-state index in [0.717, 1.165) is 31.6 Å². The lowest BCUT2D eigenvalue weighted by atomic mass is 10.2. The van der Waals surface area contributed by atoms with Crippen molar-refractivity contribution in [3.05, 3.63) is 35.9 Å². The Morgan fingerprint density at radius 3 is 2.71 bits per heavy atom. The van der Waals surface area contributed by atoms with Crippen molar-refractivity contribution in [3.63, 3.8) is 0 Å². The van der Waals surface area contributed by atoms with Crippen LogP contribution >= 0.6 is 24.0 Å². The van der Waals surface area contributed by atoms with Crippen LogP contribution in [0.15, 0.2) is 35.3 Å². The lowest BCUT2D eigenvalue weighted by Crippen LogP contribution is -2.42. The van der Waals surface area contributed by atoms with Crippen molar-refractivity contribution in [3.8, 4) is 0 Å². The largest absolute Gasteiger partial charge is 0.376 e. The Balaban J connectivity index is 0.00000288. The number of benzene rings is 1. The number of rotatable bonds is 7. The molecule has 24 heavy (non-hydrogen) atoms. The summed E-state index contributed by atoms with van der Waals surface area (Å²) in [5.41, 5.74) is 1.10. The molecule has 1 aromatic rings. The van der Waals surface area contributed by atoms with Crippen LogP contribution in [0.1, 0.15) is 24.8 Å². The van der Waals surface area contributed by atoms with E-state index in [-0.39, 0.29) is 36.0 Å². The molecule has 1 fully saturated rings.